The van der Waals surface area contributed by atoms with Gasteiger partial charge in [0.1, 0.15) is 5.82 Å². The van der Waals surface area contributed by atoms with E-state index in [9.17, 15) is 9.18 Å². The number of piperazine rings is 1. The van der Waals surface area contributed by atoms with Gasteiger partial charge in [-0.25, -0.2) is 4.39 Å². The van der Waals surface area contributed by atoms with Gasteiger partial charge in [0.05, 0.1) is 6.54 Å². The minimum atomic E-state index is -0.196. The highest BCUT2D eigenvalue weighted by Gasteiger charge is 2.38. The topological polar surface area (TPSA) is 35.6 Å². The second-order valence-corrected chi connectivity index (χ2v) is 7.62. The quantitative estimate of drug-likeness (QED) is 0.883. The first-order valence-corrected chi connectivity index (χ1v) is 9.66. The SMILES string of the molecule is CN1CCN(C(=O)CN[C@@H]2C[C@H]2c2ccc(-c3ccccc3F)cc2)CC1. The van der Waals surface area contributed by atoms with Crippen LogP contribution in [0.1, 0.15) is 17.9 Å². The molecule has 4 rings (SSSR count). The van der Waals surface area contributed by atoms with Crippen molar-refractivity contribution < 1.29 is 9.18 Å². The van der Waals surface area contributed by atoms with Gasteiger partial charge in [-0.2, -0.15) is 0 Å². The Hall–Kier alpha value is -2.24. The average molecular weight is 367 g/mol. The van der Waals surface area contributed by atoms with Gasteiger partial charge >= 0.3 is 0 Å². The molecule has 0 unspecified atom stereocenters. The van der Waals surface area contributed by atoms with Crippen LogP contribution in [0.15, 0.2) is 48.5 Å². The van der Waals surface area contributed by atoms with Crippen LogP contribution in [0.2, 0.25) is 0 Å². The molecule has 1 heterocycles. The number of hydrogen-bond acceptors (Lipinski definition) is 3. The third-order valence-corrected chi connectivity index (χ3v) is 5.69. The van der Waals surface area contributed by atoms with E-state index in [0.29, 0.717) is 24.1 Å². The Bertz CT molecular complexity index is 799. The molecule has 1 aliphatic carbocycles. The second-order valence-electron chi connectivity index (χ2n) is 7.62. The number of amides is 1. The standard InChI is InChI=1S/C22H26FN3O/c1-25-10-12-26(13-11-25)22(27)15-24-21-14-19(21)17-8-6-16(7-9-17)18-4-2-3-5-20(18)23/h2-9,19,21,24H,10-15H2,1H3/t19-,21+/m0/s1. The third-order valence-electron chi connectivity index (χ3n) is 5.69. The molecule has 1 N–H and O–H groups in total. The molecular formula is C22H26FN3O. The molecule has 0 bridgehead atoms. The molecule has 2 aromatic carbocycles. The van der Waals surface area contributed by atoms with E-state index in [-0.39, 0.29) is 11.7 Å². The van der Waals surface area contributed by atoms with Gasteiger partial charge in [-0.3, -0.25) is 4.79 Å². The molecule has 0 radical (unpaired) electrons. The lowest BCUT2D eigenvalue weighted by molar-refractivity contribution is -0.131. The second kappa shape index (κ2) is 7.79. The van der Waals surface area contributed by atoms with Gasteiger partial charge in [0.15, 0.2) is 0 Å². The number of halogens is 1. The molecule has 1 saturated heterocycles. The van der Waals surface area contributed by atoms with Crippen molar-refractivity contribution in [2.45, 2.75) is 18.4 Å². The van der Waals surface area contributed by atoms with Crippen LogP contribution < -0.4 is 5.32 Å². The van der Waals surface area contributed by atoms with Gasteiger partial charge in [0.2, 0.25) is 5.91 Å². The summed E-state index contributed by atoms with van der Waals surface area (Å²) in [5.41, 5.74) is 2.78. The van der Waals surface area contributed by atoms with Crippen molar-refractivity contribution in [2.24, 2.45) is 0 Å². The smallest absolute Gasteiger partial charge is 0.236 e. The Kier molecular flexibility index (Phi) is 5.23. The number of likely N-dealkylation sites (N-methyl/N-ethyl adjacent to an activating group) is 1. The van der Waals surface area contributed by atoms with E-state index in [1.807, 2.05) is 23.1 Å². The van der Waals surface area contributed by atoms with Crippen molar-refractivity contribution in [1.29, 1.82) is 0 Å². The van der Waals surface area contributed by atoms with Crippen molar-refractivity contribution >= 4 is 5.91 Å². The predicted molar refractivity (Wildman–Crippen MR) is 105 cm³/mol. The van der Waals surface area contributed by atoms with Crippen molar-refractivity contribution in [3.05, 3.63) is 59.9 Å². The lowest BCUT2D eigenvalue weighted by Crippen LogP contribution is -2.49. The van der Waals surface area contributed by atoms with Gasteiger partial charge in [-0.05, 0) is 30.7 Å². The van der Waals surface area contributed by atoms with E-state index in [0.717, 1.165) is 38.2 Å². The number of nitrogens with one attached hydrogen (secondary N) is 1. The van der Waals surface area contributed by atoms with Crippen LogP contribution in [0.25, 0.3) is 11.1 Å². The number of carbonyl (C=O) groups excluding carboxylic acids is 1. The highest BCUT2D eigenvalue weighted by Crippen LogP contribution is 2.41. The largest absolute Gasteiger partial charge is 0.339 e. The summed E-state index contributed by atoms with van der Waals surface area (Å²) in [5.74, 6) is 0.447. The zero-order chi connectivity index (χ0) is 18.8. The lowest BCUT2D eigenvalue weighted by atomic mass is 10.0. The van der Waals surface area contributed by atoms with Crippen molar-refractivity contribution in [2.75, 3.05) is 39.8 Å². The van der Waals surface area contributed by atoms with Crippen LogP contribution in [0, 0.1) is 5.82 Å². The van der Waals surface area contributed by atoms with Crippen LogP contribution in [0.4, 0.5) is 4.39 Å². The normalized spacial score (nSPS) is 22.7. The van der Waals surface area contributed by atoms with E-state index in [1.165, 1.54) is 11.6 Å². The summed E-state index contributed by atoms with van der Waals surface area (Å²) >= 11 is 0. The van der Waals surface area contributed by atoms with Crippen LogP contribution >= 0.6 is 0 Å². The first-order chi connectivity index (χ1) is 13.1. The van der Waals surface area contributed by atoms with Crippen LogP contribution in [-0.2, 0) is 4.79 Å². The van der Waals surface area contributed by atoms with E-state index in [1.54, 1.807) is 12.1 Å². The maximum absolute atomic E-state index is 13.9. The minimum absolute atomic E-state index is 0.196. The van der Waals surface area contributed by atoms with Gasteiger partial charge in [0, 0.05) is 43.7 Å². The van der Waals surface area contributed by atoms with Gasteiger partial charge in [-0.1, -0.05) is 42.5 Å². The molecule has 4 nitrogen and oxygen atoms in total. The Morgan fingerprint density at radius 1 is 1.07 bits per heavy atom. The van der Waals surface area contributed by atoms with Gasteiger partial charge in [-0.15, -0.1) is 0 Å². The molecule has 0 aromatic heterocycles. The average Bonchev–Trinajstić information content (AvgIpc) is 3.47. The fourth-order valence-electron chi connectivity index (χ4n) is 3.78. The maximum atomic E-state index is 13.9. The fourth-order valence-corrected chi connectivity index (χ4v) is 3.78. The Balaban J connectivity index is 1.29. The zero-order valence-corrected chi connectivity index (χ0v) is 15.7. The number of hydrogen-bond donors (Lipinski definition) is 1. The zero-order valence-electron chi connectivity index (χ0n) is 15.7. The first-order valence-electron chi connectivity index (χ1n) is 9.66. The summed E-state index contributed by atoms with van der Waals surface area (Å²) in [6, 6.07) is 15.3. The Morgan fingerprint density at radius 2 is 1.78 bits per heavy atom. The monoisotopic (exact) mass is 367 g/mol. The van der Waals surface area contributed by atoms with E-state index < -0.39 is 0 Å². The molecule has 2 aromatic rings. The number of benzene rings is 2. The molecular weight excluding hydrogens is 341 g/mol. The summed E-state index contributed by atoms with van der Waals surface area (Å²) in [6.45, 7) is 3.96. The molecule has 2 atom stereocenters. The van der Waals surface area contributed by atoms with Crippen molar-refractivity contribution in [1.82, 2.24) is 15.1 Å². The van der Waals surface area contributed by atoms with Gasteiger partial charge in [0.25, 0.3) is 0 Å². The van der Waals surface area contributed by atoms with Crippen molar-refractivity contribution in [3.8, 4) is 11.1 Å². The molecule has 1 saturated carbocycles. The van der Waals surface area contributed by atoms with Crippen molar-refractivity contribution in [3.63, 3.8) is 0 Å². The minimum Gasteiger partial charge on any atom is -0.339 e. The summed E-state index contributed by atoms with van der Waals surface area (Å²) in [4.78, 5) is 16.5. The Labute approximate surface area is 160 Å². The van der Waals surface area contributed by atoms with Crippen LogP contribution in [0.5, 0.6) is 0 Å². The van der Waals surface area contributed by atoms with Crippen LogP contribution in [-0.4, -0.2) is 61.5 Å². The summed E-state index contributed by atoms with van der Waals surface area (Å²) in [7, 11) is 2.09. The molecule has 1 amide bonds. The maximum Gasteiger partial charge on any atom is 0.236 e. The molecule has 5 heteroatoms. The molecule has 1 aliphatic heterocycles. The van der Waals surface area contributed by atoms with E-state index >= 15 is 0 Å². The van der Waals surface area contributed by atoms with E-state index in [4.69, 9.17) is 0 Å². The predicted octanol–water partition coefficient (Wildman–Crippen LogP) is 2.71. The number of nitrogens with zero attached hydrogens (tertiary/aromatic N) is 2. The molecule has 2 fully saturated rings. The first kappa shape index (κ1) is 18.1. The van der Waals surface area contributed by atoms with E-state index in [2.05, 4.69) is 29.4 Å². The third kappa shape index (κ3) is 4.20. The number of rotatable bonds is 5. The lowest BCUT2D eigenvalue weighted by Gasteiger charge is -2.32. The highest BCUT2D eigenvalue weighted by atomic mass is 19.1. The van der Waals surface area contributed by atoms with Gasteiger partial charge < -0.3 is 15.1 Å². The summed E-state index contributed by atoms with van der Waals surface area (Å²) in [6.07, 6.45) is 1.05. The molecule has 2 aliphatic rings. The molecule has 27 heavy (non-hydrogen) atoms. The number of carbonyl (C=O) groups is 1. The Morgan fingerprint density at radius 3 is 2.48 bits per heavy atom. The summed E-state index contributed by atoms with van der Waals surface area (Å²) in [5, 5.41) is 3.40. The molecule has 0 spiro atoms. The summed E-state index contributed by atoms with van der Waals surface area (Å²) < 4.78 is 13.9. The fraction of sp³-hybridized carbons (Fsp3) is 0.409. The highest BCUT2D eigenvalue weighted by molar-refractivity contribution is 5.78. The molecule has 142 valence electrons. The van der Waals surface area contributed by atoms with Crippen LogP contribution in [0.3, 0.4) is 0 Å².